The van der Waals surface area contributed by atoms with Crippen LogP contribution >= 0.6 is 0 Å². The van der Waals surface area contributed by atoms with Gasteiger partial charge >= 0.3 is 6.01 Å². The Morgan fingerprint density at radius 1 is 1.24 bits per heavy atom. The zero-order valence-electron chi connectivity index (χ0n) is 13.6. The van der Waals surface area contributed by atoms with Crippen molar-refractivity contribution in [2.45, 2.75) is 58.9 Å². The first-order chi connectivity index (χ1) is 10.0. The van der Waals surface area contributed by atoms with Gasteiger partial charge in [-0.1, -0.05) is 27.2 Å². The van der Waals surface area contributed by atoms with E-state index < -0.39 is 0 Å². The molecule has 1 fully saturated rings. The number of anilines is 2. The van der Waals surface area contributed by atoms with Crippen LogP contribution in [0.25, 0.3) is 0 Å². The second-order valence-electron chi connectivity index (χ2n) is 6.47. The van der Waals surface area contributed by atoms with Gasteiger partial charge in [0.25, 0.3) is 0 Å². The third-order valence-corrected chi connectivity index (χ3v) is 3.81. The lowest BCUT2D eigenvalue weighted by molar-refractivity contribution is 0.229. The molecule has 0 aromatic carbocycles. The summed E-state index contributed by atoms with van der Waals surface area (Å²) in [5.74, 6) is 1.14. The molecule has 0 saturated heterocycles. The van der Waals surface area contributed by atoms with Crippen molar-refractivity contribution in [3.8, 4) is 6.01 Å². The monoisotopic (exact) mass is 293 g/mol. The molecular weight excluding hydrogens is 266 g/mol. The van der Waals surface area contributed by atoms with Crippen LogP contribution in [0.1, 0.15) is 52.9 Å². The Morgan fingerprint density at radius 3 is 2.67 bits per heavy atom. The Labute approximate surface area is 127 Å². The van der Waals surface area contributed by atoms with E-state index in [1.165, 1.54) is 12.8 Å². The molecule has 0 bridgehead atoms. The van der Waals surface area contributed by atoms with Gasteiger partial charge in [0.1, 0.15) is 0 Å². The SMILES string of the molecule is CCCOc1nc(NC)nc(NC2CCCC(C)(C)C2)n1. The van der Waals surface area contributed by atoms with Gasteiger partial charge in [0.15, 0.2) is 0 Å². The van der Waals surface area contributed by atoms with E-state index in [0.717, 1.165) is 19.3 Å². The predicted octanol–water partition coefficient (Wildman–Crippen LogP) is 3.08. The van der Waals surface area contributed by atoms with Crippen molar-refractivity contribution in [1.82, 2.24) is 15.0 Å². The molecule has 0 amide bonds. The third kappa shape index (κ3) is 4.72. The molecule has 0 radical (unpaired) electrons. The molecule has 1 unspecified atom stereocenters. The number of nitrogens with zero attached hydrogens (tertiary/aromatic N) is 3. The maximum absolute atomic E-state index is 5.53. The number of rotatable bonds is 6. The lowest BCUT2D eigenvalue weighted by atomic mass is 9.75. The Bertz CT molecular complexity index is 463. The van der Waals surface area contributed by atoms with Crippen molar-refractivity contribution < 1.29 is 4.74 Å². The highest BCUT2D eigenvalue weighted by atomic mass is 16.5. The molecule has 6 nitrogen and oxygen atoms in total. The van der Waals surface area contributed by atoms with Crippen LogP contribution in [0, 0.1) is 5.41 Å². The fourth-order valence-corrected chi connectivity index (χ4v) is 2.79. The summed E-state index contributed by atoms with van der Waals surface area (Å²) in [5.41, 5.74) is 0.385. The highest BCUT2D eigenvalue weighted by Gasteiger charge is 2.28. The zero-order valence-corrected chi connectivity index (χ0v) is 13.6. The van der Waals surface area contributed by atoms with Gasteiger partial charge in [-0.15, -0.1) is 0 Å². The summed E-state index contributed by atoms with van der Waals surface area (Å²) in [6.07, 6.45) is 5.76. The molecule has 6 heteroatoms. The number of nitrogens with one attached hydrogen (secondary N) is 2. The standard InChI is InChI=1S/C15H27N5O/c1-5-9-21-14-19-12(16-4)18-13(20-14)17-11-7-6-8-15(2,3)10-11/h11H,5-10H2,1-4H3,(H2,16,17,18,19,20). The molecule has 1 aromatic rings. The molecule has 2 N–H and O–H groups in total. The molecule has 2 rings (SSSR count). The smallest absolute Gasteiger partial charge is 0.323 e. The third-order valence-electron chi connectivity index (χ3n) is 3.81. The summed E-state index contributed by atoms with van der Waals surface area (Å²) in [7, 11) is 1.80. The Morgan fingerprint density at radius 2 is 2.00 bits per heavy atom. The molecule has 1 aromatic heterocycles. The van der Waals surface area contributed by atoms with Crippen LogP contribution in [0.15, 0.2) is 0 Å². The van der Waals surface area contributed by atoms with Crippen LogP contribution in [0.5, 0.6) is 6.01 Å². The first kappa shape index (κ1) is 15.8. The molecule has 21 heavy (non-hydrogen) atoms. The summed E-state index contributed by atoms with van der Waals surface area (Å²) in [4.78, 5) is 13.0. The summed E-state index contributed by atoms with van der Waals surface area (Å²) in [6, 6.07) is 0.800. The maximum atomic E-state index is 5.53. The van der Waals surface area contributed by atoms with Crippen LogP contribution in [-0.4, -0.2) is 34.6 Å². The zero-order chi connectivity index (χ0) is 15.3. The van der Waals surface area contributed by atoms with Crippen LogP contribution in [-0.2, 0) is 0 Å². The van der Waals surface area contributed by atoms with Crippen LogP contribution in [0.4, 0.5) is 11.9 Å². The van der Waals surface area contributed by atoms with Crippen molar-refractivity contribution in [2.75, 3.05) is 24.3 Å². The second kappa shape index (κ2) is 6.91. The summed E-state index contributed by atoms with van der Waals surface area (Å²) in [6.45, 7) is 7.32. The number of aromatic nitrogens is 3. The number of hydrogen-bond donors (Lipinski definition) is 2. The molecule has 1 atom stereocenters. The number of ether oxygens (including phenoxy) is 1. The lowest BCUT2D eigenvalue weighted by Crippen LogP contribution is -2.32. The van der Waals surface area contributed by atoms with E-state index in [9.17, 15) is 0 Å². The quantitative estimate of drug-likeness (QED) is 0.840. The van der Waals surface area contributed by atoms with Gasteiger partial charge in [-0.05, 0) is 31.1 Å². The van der Waals surface area contributed by atoms with E-state index >= 15 is 0 Å². The Balaban J connectivity index is 2.07. The minimum atomic E-state index is 0.383. The van der Waals surface area contributed by atoms with E-state index in [2.05, 4.69) is 46.4 Å². The van der Waals surface area contributed by atoms with Crippen molar-refractivity contribution in [2.24, 2.45) is 5.41 Å². The van der Waals surface area contributed by atoms with E-state index in [1.807, 2.05) is 0 Å². The molecule has 0 spiro atoms. The van der Waals surface area contributed by atoms with E-state index in [-0.39, 0.29) is 0 Å². The van der Waals surface area contributed by atoms with E-state index in [4.69, 9.17) is 4.74 Å². The molecule has 1 saturated carbocycles. The first-order valence-corrected chi connectivity index (χ1v) is 7.85. The van der Waals surface area contributed by atoms with Gasteiger partial charge < -0.3 is 15.4 Å². The fraction of sp³-hybridized carbons (Fsp3) is 0.800. The van der Waals surface area contributed by atoms with Crippen molar-refractivity contribution in [3.63, 3.8) is 0 Å². The van der Waals surface area contributed by atoms with Crippen LogP contribution in [0.3, 0.4) is 0 Å². The highest BCUT2D eigenvalue weighted by Crippen LogP contribution is 2.36. The van der Waals surface area contributed by atoms with Gasteiger partial charge in [0.05, 0.1) is 6.61 Å². The van der Waals surface area contributed by atoms with Crippen molar-refractivity contribution in [3.05, 3.63) is 0 Å². The average molecular weight is 293 g/mol. The molecule has 1 aliphatic rings. The van der Waals surface area contributed by atoms with Crippen LogP contribution in [0.2, 0.25) is 0 Å². The van der Waals surface area contributed by atoms with Gasteiger partial charge in [-0.3, -0.25) is 0 Å². The van der Waals surface area contributed by atoms with Crippen molar-refractivity contribution in [1.29, 1.82) is 0 Å². The Kier molecular flexibility index (Phi) is 5.20. The minimum Gasteiger partial charge on any atom is -0.463 e. The molecule has 1 aliphatic carbocycles. The summed E-state index contributed by atoms with van der Waals surface area (Å²) < 4.78 is 5.53. The molecular formula is C15H27N5O. The normalized spacial score (nSPS) is 20.9. The maximum Gasteiger partial charge on any atom is 0.323 e. The molecule has 1 heterocycles. The Hall–Kier alpha value is -1.59. The minimum absolute atomic E-state index is 0.383. The van der Waals surface area contributed by atoms with Gasteiger partial charge in [-0.2, -0.15) is 15.0 Å². The fourth-order valence-electron chi connectivity index (χ4n) is 2.79. The number of hydrogen-bond acceptors (Lipinski definition) is 6. The van der Waals surface area contributed by atoms with Gasteiger partial charge in [0, 0.05) is 13.1 Å². The van der Waals surface area contributed by atoms with E-state index in [0.29, 0.717) is 36.0 Å². The van der Waals surface area contributed by atoms with Gasteiger partial charge in [0.2, 0.25) is 11.9 Å². The average Bonchev–Trinajstić information content (AvgIpc) is 2.43. The topological polar surface area (TPSA) is 72.0 Å². The van der Waals surface area contributed by atoms with E-state index in [1.54, 1.807) is 7.05 Å². The lowest BCUT2D eigenvalue weighted by Gasteiger charge is -2.35. The molecule has 0 aliphatic heterocycles. The second-order valence-corrected chi connectivity index (χ2v) is 6.47. The summed E-state index contributed by atoms with van der Waals surface area (Å²) in [5, 5.41) is 6.40. The largest absolute Gasteiger partial charge is 0.463 e. The molecule has 118 valence electrons. The highest BCUT2D eigenvalue weighted by molar-refractivity contribution is 5.36. The van der Waals surface area contributed by atoms with Gasteiger partial charge in [-0.25, -0.2) is 0 Å². The van der Waals surface area contributed by atoms with Crippen LogP contribution < -0.4 is 15.4 Å². The summed E-state index contributed by atoms with van der Waals surface area (Å²) >= 11 is 0. The first-order valence-electron chi connectivity index (χ1n) is 7.85. The van der Waals surface area contributed by atoms with Crippen molar-refractivity contribution >= 4 is 11.9 Å². The predicted molar refractivity (Wildman–Crippen MR) is 84.8 cm³/mol.